The predicted molar refractivity (Wildman–Crippen MR) is 43.5 cm³/mol. The van der Waals surface area contributed by atoms with Gasteiger partial charge in [0.15, 0.2) is 0 Å². The van der Waals surface area contributed by atoms with Gasteiger partial charge in [0.2, 0.25) is 0 Å². The van der Waals surface area contributed by atoms with Crippen molar-refractivity contribution in [2.24, 2.45) is 0 Å². The van der Waals surface area contributed by atoms with E-state index >= 15 is 0 Å². The Kier molecular flexibility index (Phi) is 2.68. The molecular formula is C8H8O6. The number of aliphatic carboxylic acids is 2. The van der Waals surface area contributed by atoms with E-state index in [0.717, 1.165) is 12.2 Å². The van der Waals surface area contributed by atoms with E-state index in [1.807, 2.05) is 0 Å². The van der Waals surface area contributed by atoms with Crippen LogP contribution in [-0.2, 0) is 9.59 Å². The highest BCUT2D eigenvalue weighted by atomic mass is 16.4. The number of carboxylic acids is 2. The normalized spacial score (nSPS) is 26.4. The van der Waals surface area contributed by atoms with Crippen LogP contribution in [0.15, 0.2) is 23.3 Å². The van der Waals surface area contributed by atoms with Crippen LogP contribution in [0.4, 0.5) is 0 Å². The third-order valence-corrected chi connectivity index (χ3v) is 1.83. The van der Waals surface area contributed by atoms with Crippen molar-refractivity contribution in [3.05, 3.63) is 23.3 Å². The smallest absolute Gasteiger partial charge is 0.336 e. The Morgan fingerprint density at radius 2 is 1.71 bits per heavy atom. The van der Waals surface area contributed by atoms with Crippen LogP contribution >= 0.6 is 0 Å². The van der Waals surface area contributed by atoms with Gasteiger partial charge in [-0.05, 0) is 6.08 Å². The minimum atomic E-state index is -1.71. The molecule has 0 spiro atoms. The highest BCUT2D eigenvalue weighted by molar-refractivity contribution is 6.02. The SMILES string of the molecule is O=C(O)C1=C(C(=O)O)[C@H](O)[C@H](O)C=C1. The molecule has 2 atom stereocenters. The Balaban J connectivity index is 3.24. The average molecular weight is 200 g/mol. The van der Waals surface area contributed by atoms with E-state index in [1.165, 1.54) is 0 Å². The lowest BCUT2D eigenvalue weighted by molar-refractivity contribution is -0.137. The first-order chi connectivity index (χ1) is 6.45. The molecule has 1 aliphatic carbocycles. The summed E-state index contributed by atoms with van der Waals surface area (Å²) >= 11 is 0. The first-order valence-corrected chi connectivity index (χ1v) is 3.70. The number of carbonyl (C=O) groups is 2. The van der Waals surface area contributed by atoms with Gasteiger partial charge in [-0.1, -0.05) is 6.08 Å². The van der Waals surface area contributed by atoms with Gasteiger partial charge in [0.1, 0.15) is 12.2 Å². The summed E-state index contributed by atoms with van der Waals surface area (Å²) in [5, 5.41) is 35.5. The van der Waals surface area contributed by atoms with Gasteiger partial charge in [-0.3, -0.25) is 0 Å². The molecule has 14 heavy (non-hydrogen) atoms. The number of hydrogen-bond acceptors (Lipinski definition) is 4. The maximum atomic E-state index is 10.6. The quantitative estimate of drug-likeness (QED) is 0.442. The van der Waals surface area contributed by atoms with Crippen molar-refractivity contribution in [1.29, 1.82) is 0 Å². The van der Waals surface area contributed by atoms with Crippen molar-refractivity contribution in [3.63, 3.8) is 0 Å². The summed E-state index contributed by atoms with van der Waals surface area (Å²) in [7, 11) is 0. The molecule has 0 aliphatic heterocycles. The molecule has 0 aromatic carbocycles. The van der Waals surface area contributed by atoms with Gasteiger partial charge in [-0.2, -0.15) is 0 Å². The van der Waals surface area contributed by atoms with Gasteiger partial charge in [0.05, 0.1) is 11.1 Å². The molecule has 0 fully saturated rings. The molecule has 0 aromatic heterocycles. The van der Waals surface area contributed by atoms with Gasteiger partial charge < -0.3 is 20.4 Å². The summed E-state index contributed by atoms with van der Waals surface area (Å²) < 4.78 is 0. The molecule has 1 rings (SSSR count). The minimum Gasteiger partial charge on any atom is -0.478 e. The molecule has 0 heterocycles. The highest BCUT2D eigenvalue weighted by Gasteiger charge is 2.32. The summed E-state index contributed by atoms with van der Waals surface area (Å²) in [5.74, 6) is -3.01. The second kappa shape index (κ2) is 3.60. The van der Waals surface area contributed by atoms with E-state index in [9.17, 15) is 14.7 Å². The predicted octanol–water partition coefficient (Wildman–Crippen LogP) is -1.26. The Labute approximate surface area is 78.4 Å². The van der Waals surface area contributed by atoms with Crippen LogP contribution in [0.1, 0.15) is 0 Å². The molecule has 0 bridgehead atoms. The van der Waals surface area contributed by atoms with Crippen LogP contribution in [-0.4, -0.2) is 44.6 Å². The topological polar surface area (TPSA) is 115 Å². The van der Waals surface area contributed by atoms with Crippen molar-refractivity contribution in [3.8, 4) is 0 Å². The lowest BCUT2D eigenvalue weighted by Gasteiger charge is -2.20. The summed E-state index contributed by atoms with van der Waals surface area (Å²) in [4.78, 5) is 21.2. The van der Waals surface area contributed by atoms with E-state index in [-0.39, 0.29) is 0 Å². The zero-order valence-electron chi connectivity index (χ0n) is 6.91. The minimum absolute atomic E-state index is 0.518. The monoisotopic (exact) mass is 200 g/mol. The molecule has 1 aliphatic rings. The summed E-state index contributed by atoms with van der Waals surface area (Å²) in [5.41, 5.74) is -1.22. The molecule has 0 amide bonds. The lowest BCUT2D eigenvalue weighted by Crippen LogP contribution is -2.34. The van der Waals surface area contributed by atoms with Crippen molar-refractivity contribution < 1.29 is 30.0 Å². The number of rotatable bonds is 2. The standard InChI is InChI=1S/C8H8O6/c9-4-2-1-3(7(11)12)5(6(4)10)8(13)14/h1-2,4,6,9-10H,(H,11,12)(H,13,14)/t4-,6-/m1/s1. The molecule has 0 radical (unpaired) electrons. The maximum absolute atomic E-state index is 10.6. The third-order valence-electron chi connectivity index (χ3n) is 1.83. The largest absolute Gasteiger partial charge is 0.478 e. The number of aliphatic hydroxyl groups is 2. The van der Waals surface area contributed by atoms with E-state index < -0.39 is 35.3 Å². The van der Waals surface area contributed by atoms with Crippen LogP contribution in [0.2, 0.25) is 0 Å². The second-order valence-corrected chi connectivity index (χ2v) is 2.73. The fourth-order valence-corrected chi connectivity index (χ4v) is 1.15. The van der Waals surface area contributed by atoms with E-state index in [0.29, 0.717) is 0 Å². The first kappa shape index (κ1) is 10.4. The molecule has 0 aromatic rings. The number of carboxylic acid groups (broad SMARTS) is 2. The van der Waals surface area contributed by atoms with Crippen molar-refractivity contribution >= 4 is 11.9 Å². The van der Waals surface area contributed by atoms with Gasteiger partial charge in [0, 0.05) is 0 Å². The molecule has 6 nitrogen and oxygen atoms in total. The third kappa shape index (κ3) is 1.66. The molecule has 0 saturated heterocycles. The Bertz CT molecular complexity index is 340. The average Bonchev–Trinajstić information content (AvgIpc) is 2.08. The zero-order chi connectivity index (χ0) is 10.9. The van der Waals surface area contributed by atoms with E-state index in [4.69, 9.17) is 15.3 Å². The number of aliphatic hydroxyl groups excluding tert-OH is 2. The molecule has 4 N–H and O–H groups in total. The fraction of sp³-hybridized carbons (Fsp3) is 0.250. The Morgan fingerprint density at radius 1 is 1.14 bits per heavy atom. The second-order valence-electron chi connectivity index (χ2n) is 2.73. The van der Waals surface area contributed by atoms with E-state index in [1.54, 1.807) is 0 Å². The van der Waals surface area contributed by atoms with Crippen LogP contribution in [0.25, 0.3) is 0 Å². The van der Waals surface area contributed by atoms with Crippen LogP contribution < -0.4 is 0 Å². The van der Waals surface area contributed by atoms with Crippen molar-refractivity contribution in [2.75, 3.05) is 0 Å². The first-order valence-electron chi connectivity index (χ1n) is 3.70. The summed E-state index contributed by atoms with van der Waals surface area (Å²) in [6, 6.07) is 0. The maximum Gasteiger partial charge on any atom is 0.336 e. The number of hydrogen-bond donors (Lipinski definition) is 4. The van der Waals surface area contributed by atoms with Gasteiger partial charge in [-0.25, -0.2) is 9.59 Å². The molecule has 0 unspecified atom stereocenters. The Morgan fingerprint density at radius 3 is 2.14 bits per heavy atom. The van der Waals surface area contributed by atoms with E-state index in [2.05, 4.69) is 0 Å². The highest BCUT2D eigenvalue weighted by Crippen LogP contribution is 2.20. The lowest BCUT2D eigenvalue weighted by atomic mass is 9.93. The fourth-order valence-electron chi connectivity index (χ4n) is 1.15. The van der Waals surface area contributed by atoms with Gasteiger partial charge in [0.25, 0.3) is 0 Å². The van der Waals surface area contributed by atoms with Crippen LogP contribution in [0.3, 0.4) is 0 Å². The summed E-state index contributed by atoms with van der Waals surface area (Å²) in [6.07, 6.45) is -1.10. The molecular weight excluding hydrogens is 192 g/mol. The zero-order valence-corrected chi connectivity index (χ0v) is 6.91. The van der Waals surface area contributed by atoms with Crippen molar-refractivity contribution in [1.82, 2.24) is 0 Å². The van der Waals surface area contributed by atoms with Crippen molar-refractivity contribution in [2.45, 2.75) is 12.2 Å². The summed E-state index contributed by atoms with van der Waals surface area (Å²) in [6.45, 7) is 0. The van der Waals surface area contributed by atoms with Crippen LogP contribution in [0, 0.1) is 0 Å². The van der Waals surface area contributed by atoms with Crippen LogP contribution in [0.5, 0.6) is 0 Å². The molecule has 0 saturated carbocycles. The van der Waals surface area contributed by atoms with Gasteiger partial charge in [-0.15, -0.1) is 0 Å². The molecule has 76 valence electrons. The van der Waals surface area contributed by atoms with Gasteiger partial charge >= 0.3 is 11.9 Å². The molecule has 6 heteroatoms. The Hall–Kier alpha value is -1.66.